The maximum atomic E-state index is 14.2. The molecule has 4 rings (SSSR count). The van der Waals surface area contributed by atoms with Crippen LogP contribution in [0.4, 0.5) is 32.7 Å². The molecule has 5 N–H and O–H groups in total. The number of urea groups is 1. The van der Waals surface area contributed by atoms with Crippen LogP contribution in [-0.2, 0) is 0 Å². The summed E-state index contributed by atoms with van der Waals surface area (Å²) in [6, 6.07) is 4.61. The predicted octanol–water partition coefficient (Wildman–Crippen LogP) is 3.85. The van der Waals surface area contributed by atoms with E-state index >= 15 is 0 Å². The molecule has 184 valence electrons. The van der Waals surface area contributed by atoms with Gasteiger partial charge in [-0.3, -0.25) is 0 Å². The minimum atomic E-state index is -0.474. The number of methoxy groups -OCH3 is 1. The van der Waals surface area contributed by atoms with Gasteiger partial charge in [-0.05, 0) is 37.8 Å². The third-order valence-electron chi connectivity index (χ3n) is 6.37. The summed E-state index contributed by atoms with van der Waals surface area (Å²) in [7, 11) is 1.43. The van der Waals surface area contributed by atoms with Gasteiger partial charge in [0.15, 0.2) is 11.6 Å². The highest BCUT2D eigenvalue weighted by molar-refractivity contribution is 5.72. The van der Waals surface area contributed by atoms with Crippen LogP contribution in [0.25, 0.3) is 0 Å². The summed E-state index contributed by atoms with van der Waals surface area (Å²) in [6.45, 7) is 1.17. The molecule has 1 aromatic heterocycles. The van der Waals surface area contributed by atoms with Crippen molar-refractivity contribution in [3.63, 3.8) is 0 Å². The fourth-order valence-corrected chi connectivity index (χ4v) is 4.47. The second-order valence-corrected chi connectivity index (χ2v) is 8.86. The smallest absolute Gasteiger partial charge is 0.314 e. The van der Waals surface area contributed by atoms with E-state index in [0.29, 0.717) is 42.7 Å². The highest BCUT2D eigenvalue weighted by atomic mass is 19.1. The molecule has 10 nitrogen and oxygen atoms in total. The fraction of sp³-hybridized carbons (Fsp3) is 0.565. The van der Waals surface area contributed by atoms with E-state index in [4.69, 9.17) is 10.5 Å². The van der Waals surface area contributed by atoms with Gasteiger partial charge >= 0.3 is 6.03 Å². The monoisotopic (exact) mass is 472 g/mol. The molecule has 2 fully saturated rings. The Labute approximate surface area is 198 Å². The standard InChI is InChI=1S/C23H33FN8O2/c1-34-19-9-8-17(14-18(19)24)28-23-30-21(26-15-6-4-2-3-5-7-15)29-22(31-23)27-16-10-12-32(13-11-16)20(25)33/h8-9,14-16H,2-7,10-13H2,1H3,(H2,25,33)(H3,26,27,28,29,30,31). The number of carbonyl (C=O) groups excluding carboxylic acids is 1. The zero-order valence-corrected chi connectivity index (χ0v) is 19.5. The van der Waals surface area contributed by atoms with E-state index < -0.39 is 11.8 Å². The summed E-state index contributed by atoms with van der Waals surface area (Å²) in [6.07, 6.45) is 8.51. The van der Waals surface area contributed by atoms with Crippen molar-refractivity contribution in [1.82, 2.24) is 19.9 Å². The van der Waals surface area contributed by atoms with E-state index in [1.54, 1.807) is 17.0 Å². The zero-order chi connectivity index (χ0) is 23.9. The topological polar surface area (TPSA) is 130 Å². The Hall–Kier alpha value is -3.37. The number of nitrogens with two attached hydrogens (primary N) is 1. The summed E-state index contributed by atoms with van der Waals surface area (Å²) in [5.41, 5.74) is 5.89. The summed E-state index contributed by atoms with van der Waals surface area (Å²) in [5, 5.41) is 9.92. The number of likely N-dealkylation sites (tertiary alicyclic amines) is 1. The van der Waals surface area contributed by atoms with Gasteiger partial charge in [0.1, 0.15) is 0 Å². The van der Waals surface area contributed by atoms with E-state index in [1.165, 1.54) is 38.9 Å². The number of piperidine rings is 1. The molecule has 1 saturated heterocycles. The van der Waals surface area contributed by atoms with Gasteiger partial charge in [-0.1, -0.05) is 25.7 Å². The third kappa shape index (κ3) is 6.36. The number of anilines is 4. The number of nitrogens with zero attached hydrogens (tertiary/aromatic N) is 4. The van der Waals surface area contributed by atoms with Crippen LogP contribution >= 0.6 is 0 Å². The molecule has 1 saturated carbocycles. The molecule has 1 aliphatic carbocycles. The van der Waals surface area contributed by atoms with Crippen molar-refractivity contribution < 1.29 is 13.9 Å². The van der Waals surface area contributed by atoms with Crippen LogP contribution in [0.5, 0.6) is 5.75 Å². The molecule has 0 atom stereocenters. The maximum Gasteiger partial charge on any atom is 0.314 e. The first-order chi connectivity index (χ1) is 16.5. The predicted molar refractivity (Wildman–Crippen MR) is 129 cm³/mol. The van der Waals surface area contributed by atoms with Crippen LogP contribution in [0.15, 0.2) is 18.2 Å². The molecule has 1 aliphatic heterocycles. The number of primary amides is 1. The molecule has 0 unspecified atom stereocenters. The maximum absolute atomic E-state index is 14.2. The molecule has 1 aromatic carbocycles. The molecule has 2 aliphatic rings. The quantitative estimate of drug-likeness (QED) is 0.447. The average molecular weight is 473 g/mol. The van der Waals surface area contributed by atoms with Gasteiger partial charge in [0.05, 0.1) is 7.11 Å². The molecular formula is C23H33FN8O2. The van der Waals surface area contributed by atoms with Crippen LogP contribution < -0.4 is 26.4 Å². The minimum Gasteiger partial charge on any atom is -0.494 e. The number of benzene rings is 1. The van der Waals surface area contributed by atoms with Gasteiger partial charge in [-0.25, -0.2) is 9.18 Å². The van der Waals surface area contributed by atoms with Crippen molar-refractivity contribution in [2.75, 3.05) is 36.1 Å². The molecule has 11 heteroatoms. The van der Waals surface area contributed by atoms with E-state index in [-0.39, 0.29) is 11.8 Å². The molecule has 2 aromatic rings. The van der Waals surface area contributed by atoms with E-state index in [9.17, 15) is 9.18 Å². The Morgan fingerprint density at radius 2 is 1.56 bits per heavy atom. The Bertz CT molecular complexity index is 975. The lowest BCUT2D eigenvalue weighted by Gasteiger charge is -2.31. The Morgan fingerprint density at radius 1 is 0.971 bits per heavy atom. The number of hydrogen-bond donors (Lipinski definition) is 4. The van der Waals surface area contributed by atoms with Crippen LogP contribution in [0, 0.1) is 5.82 Å². The largest absolute Gasteiger partial charge is 0.494 e. The van der Waals surface area contributed by atoms with Crippen molar-refractivity contribution >= 4 is 29.6 Å². The SMILES string of the molecule is COc1ccc(Nc2nc(NC3CCCCCC3)nc(NC3CCN(C(N)=O)CC3)n2)cc1F. The number of aromatic nitrogens is 3. The first-order valence-corrected chi connectivity index (χ1v) is 11.9. The summed E-state index contributed by atoms with van der Waals surface area (Å²) in [4.78, 5) is 26.7. The van der Waals surface area contributed by atoms with Gasteiger partial charge in [-0.15, -0.1) is 0 Å². The number of hydrogen-bond acceptors (Lipinski definition) is 8. The van der Waals surface area contributed by atoms with Gasteiger partial charge in [0.25, 0.3) is 0 Å². The first-order valence-electron chi connectivity index (χ1n) is 11.9. The average Bonchev–Trinajstić information content (AvgIpc) is 3.08. The lowest BCUT2D eigenvalue weighted by atomic mass is 10.1. The number of carbonyl (C=O) groups is 1. The number of rotatable bonds is 7. The van der Waals surface area contributed by atoms with Gasteiger partial charge in [0, 0.05) is 36.9 Å². The van der Waals surface area contributed by atoms with Gasteiger partial charge in [-0.2, -0.15) is 15.0 Å². The number of halogens is 1. The summed E-state index contributed by atoms with van der Waals surface area (Å²) < 4.78 is 19.2. The molecular weight excluding hydrogens is 439 g/mol. The van der Waals surface area contributed by atoms with E-state index in [1.807, 2.05) is 0 Å². The normalized spacial score (nSPS) is 17.6. The summed E-state index contributed by atoms with van der Waals surface area (Å²) >= 11 is 0. The first kappa shape index (κ1) is 23.8. The van der Waals surface area contributed by atoms with Crippen LogP contribution in [0.1, 0.15) is 51.4 Å². The Morgan fingerprint density at radius 3 is 2.12 bits per heavy atom. The molecule has 2 heterocycles. The van der Waals surface area contributed by atoms with Crippen LogP contribution in [-0.4, -0.2) is 58.2 Å². The second-order valence-electron chi connectivity index (χ2n) is 8.86. The number of nitrogens with one attached hydrogen (secondary N) is 3. The third-order valence-corrected chi connectivity index (χ3v) is 6.37. The van der Waals surface area contributed by atoms with Crippen molar-refractivity contribution in [3.05, 3.63) is 24.0 Å². The van der Waals surface area contributed by atoms with Crippen LogP contribution in [0.3, 0.4) is 0 Å². The van der Waals surface area contributed by atoms with E-state index in [2.05, 4.69) is 30.9 Å². The number of ether oxygens (including phenoxy) is 1. The zero-order valence-electron chi connectivity index (χ0n) is 19.5. The fourth-order valence-electron chi connectivity index (χ4n) is 4.47. The van der Waals surface area contributed by atoms with Crippen molar-refractivity contribution in [2.24, 2.45) is 5.73 Å². The van der Waals surface area contributed by atoms with E-state index in [0.717, 1.165) is 25.7 Å². The molecule has 0 radical (unpaired) electrons. The lowest BCUT2D eigenvalue weighted by Crippen LogP contribution is -2.44. The second kappa shape index (κ2) is 11.2. The van der Waals surface area contributed by atoms with Crippen molar-refractivity contribution in [3.8, 4) is 5.75 Å². The minimum absolute atomic E-state index is 0.106. The van der Waals surface area contributed by atoms with Crippen molar-refractivity contribution in [1.29, 1.82) is 0 Å². The summed E-state index contributed by atoms with van der Waals surface area (Å²) in [5.74, 6) is 0.919. The number of amides is 2. The van der Waals surface area contributed by atoms with Gasteiger partial charge < -0.3 is 31.3 Å². The van der Waals surface area contributed by atoms with Crippen molar-refractivity contribution in [2.45, 2.75) is 63.5 Å². The molecule has 2 amide bonds. The highest BCUT2D eigenvalue weighted by Gasteiger charge is 2.22. The Balaban J connectivity index is 1.52. The van der Waals surface area contributed by atoms with Gasteiger partial charge in [0.2, 0.25) is 17.8 Å². The lowest BCUT2D eigenvalue weighted by molar-refractivity contribution is 0.193. The highest BCUT2D eigenvalue weighted by Crippen LogP contribution is 2.25. The Kier molecular flexibility index (Phi) is 7.81. The van der Waals surface area contributed by atoms with Crippen LogP contribution in [0.2, 0.25) is 0 Å². The molecule has 34 heavy (non-hydrogen) atoms. The molecule has 0 bridgehead atoms. The molecule has 0 spiro atoms.